The van der Waals surface area contributed by atoms with Gasteiger partial charge in [-0.15, -0.1) is 0 Å². The molecule has 23 heavy (non-hydrogen) atoms. The molecule has 0 spiro atoms. The molecule has 0 fully saturated rings. The summed E-state index contributed by atoms with van der Waals surface area (Å²) in [5, 5.41) is 0. The highest BCUT2D eigenvalue weighted by atomic mass is 19.1. The van der Waals surface area contributed by atoms with E-state index in [1.807, 2.05) is 49.4 Å². The molecule has 0 aliphatic heterocycles. The maximum absolute atomic E-state index is 14.7. The Kier molecular flexibility index (Phi) is 5.32. The average molecular weight is 313 g/mol. The number of Topliss-reactive ketones (excluding diaryl/α,β-unsaturated/α-hetero) is 1. The standard InChI is InChI=1S/C20H24FNO/c1-15-10-12-17(13-11-15)14-20(16(2)21,22(3)4)19(23)18-8-6-5-7-9-18/h5-13,16H,14H2,1-4H3. The van der Waals surface area contributed by atoms with Crippen LogP contribution in [-0.4, -0.2) is 36.5 Å². The molecule has 0 radical (unpaired) electrons. The summed E-state index contributed by atoms with van der Waals surface area (Å²) < 4.78 is 14.7. The molecule has 0 N–H and O–H groups in total. The Bertz CT molecular complexity index is 639. The van der Waals surface area contributed by atoms with E-state index >= 15 is 0 Å². The molecule has 0 saturated heterocycles. The van der Waals surface area contributed by atoms with Gasteiger partial charge in [0.25, 0.3) is 0 Å². The summed E-state index contributed by atoms with van der Waals surface area (Å²) in [6.45, 7) is 3.48. The van der Waals surface area contributed by atoms with Crippen molar-refractivity contribution < 1.29 is 9.18 Å². The van der Waals surface area contributed by atoms with Crippen LogP contribution in [0.25, 0.3) is 0 Å². The van der Waals surface area contributed by atoms with Crippen molar-refractivity contribution in [1.29, 1.82) is 0 Å². The predicted molar refractivity (Wildman–Crippen MR) is 92.6 cm³/mol. The summed E-state index contributed by atoms with van der Waals surface area (Å²) in [5.74, 6) is -0.182. The number of alkyl halides is 1. The van der Waals surface area contributed by atoms with E-state index in [-0.39, 0.29) is 5.78 Å². The molecule has 0 aliphatic rings. The molecule has 2 aromatic carbocycles. The molecule has 2 nitrogen and oxygen atoms in total. The summed E-state index contributed by atoms with van der Waals surface area (Å²) in [6.07, 6.45) is -0.961. The van der Waals surface area contributed by atoms with Crippen molar-refractivity contribution in [2.45, 2.75) is 32.0 Å². The Morgan fingerprint density at radius 2 is 1.65 bits per heavy atom. The third-order valence-electron chi connectivity index (χ3n) is 4.48. The van der Waals surface area contributed by atoms with Crippen LogP contribution in [0.15, 0.2) is 54.6 Å². The number of ketones is 1. The second kappa shape index (κ2) is 7.05. The van der Waals surface area contributed by atoms with Gasteiger partial charge in [-0.25, -0.2) is 4.39 Å². The number of likely N-dealkylation sites (N-methyl/N-ethyl adjacent to an activating group) is 1. The Morgan fingerprint density at radius 1 is 1.09 bits per heavy atom. The van der Waals surface area contributed by atoms with E-state index in [1.165, 1.54) is 6.92 Å². The molecule has 122 valence electrons. The molecule has 0 heterocycles. The van der Waals surface area contributed by atoms with Crippen molar-refractivity contribution in [2.24, 2.45) is 0 Å². The van der Waals surface area contributed by atoms with Gasteiger partial charge in [0, 0.05) is 12.0 Å². The van der Waals surface area contributed by atoms with Gasteiger partial charge in [0.2, 0.25) is 0 Å². The largest absolute Gasteiger partial charge is 0.294 e. The van der Waals surface area contributed by atoms with Crippen LogP contribution < -0.4 is 0 Å². The zero-order valence-electron chi connectivity index (χ0n) is 14.2. The van der Waals surface area contributed by atoms with Crippen molar-refractivity contribution in [2.75, 3.05) is 14.1 Å². The highest BCUT2D eigenvalue weighted by molar-refractivity contribution is 6.04. The number of carbonyl (C=O) groups excluding carboxylic acids is 1. The molecule has 0 aromatic heterocycles. The number of benzene rings is 2. The zero-order valence-corrected chi connectivity index (χ0v) is 14.2. The molecule has 2 unspecified atom stereocenters. The average Bonchev–Trinajstić information content (AvgIpc) is 2.54. The number of rotatable bonds is 6. The smallest absolute Gasteiger partial charge is 0.186 e. The first-order valence-electron chi connectivity index (χ1n) is 7.85. The number of carbonyl (C=O) groups is 1. The fourth-order valence-electron chi connectivity index (χ4n) is 2.98. The number of hydrogen-bond acceptors (Lipinski definition) is 2. The van der Waals surface area contributed by atoms with Crippen LogP contribution in [0.1, 0.15) is 28.4 Å². The fourth-order valence-corrected chi connectivity index (χ4v) is 2.98. The van der Waals surface area contributed by atoms with Gasteiger partial charge >= 0.3 is 0 Å². The van der Waals surface area contributed by atoms with Crippen molar-refractivity contribution in [3.63, 3.8) is 0 Å². The second-order valence-corrected chi connectivity index (χ2v) is 6.29. The van der Waals surface area contributed by atoms with Gasteiger partial charge in [-0.3, -0.25) is 9.69 Å². The van der Waals surface area contributed by atoms with Crippen molar-refractivity contribution in [1.82, 2.24) is 4.90 Å². The van der Waals surface area contributed by atoms with Crippen LogP contribution >= 0.6 is 0 Å². The SMILES string of the molecule is Cc1ccc(CC(C(=O)c2ccccc2)(C(C)F)N(C)C)cc1. The second-order valence-electron chi connectivity index (χ2n) is 6.29. The van der Waals surface area contributed by atoms with E-state index < -0.39 is 11.7 Å². The van der Waals surface area contributed by atoms with E-state index in [2.05, 4.69) is 0 Å². The van der Waals surface area contributed by atoms with E-state index in [0.717, 1.165) is 11.1 Å². The normalized spacial score (nSPS) is 15.2. The van der Waals surface area contributed by atoms with E-state index in [9.17, 15) is 9.18 Å². The number of aryl methyl sites for hydroxylation is 1. The summed E-state index contributed by atoms with van der Waals surface area (Å²) in [7, 11) is 3.54. The predicted octanol–water partition coefficient (Wildman–Crippen LogP) is 4.08. The third-order valence-corrected chi connectivity index (χ3v) is 4.48. The molecule has 2 rings (SSSR count). The van der Waals surface area contributed by atoms with Crippen LogP contribution in [-0.2, 0) is 6.42 Å². The Hall–Kier alpha value is -2.00. The molecule has 0 aliphatic carbocycles. The minimum absolute atomic E-state index is 0.182. The summed E-state index contributed by atoms with van der Waals surface area (Å²) in [6, 6.07) is 16.9. The third kappa shape index (κ3) is 3.50. The number of nitrogens with zero attached hydrogens (tertiary/aromatic N) is 1. The Morgan fingerprint density at radius 3 is 2.13 bits per heavy atom. The lowest BCUT2D eigenvalue weighted by Crippen LogP contribution is -2.58. The van der Waals surface area contributed by atoms with Crippen molar-refractivity contribution in [3.05, 3.63) is 71.3 Å². The Balaban J connectivity index is 2.47. The molecule has 2 atom stereocenters. The lowest BCUT2D eigenvalue weighted by molar-refractivity contribution is 0.0415. The van der Waals surface area contributed by atoms with Gasteiger partial charge in [0.1, 0.15) is 11.7 Å². The minimum atomic E-state index is -1.30. The molecule has 0 saturated carbocycles. The number of hydrogen-bond donors (Lipinski definition) is 0. The van der Waals surface area contributed by atoms with Gasteiger partial charge in [-0.05, 0) is 33.5 Å². The highest BCUT2D eigenvalue weighted by Gasteiger charge is 2.46. The lowest BCUT2D eigenvalue weighted by Gasteiger charge is -2.40. The first-order chi connectivity index (χ1) is 10.9. The fraction of sp³-hybridized carbons (Fsp3) is 0.350. The summed E-state index contributed by atoms with van der Waals surface area (Å²) >= 11 is 0. The van der Waals surface area contributed by atoms with Gasteiger partial charge in [-0.2, -0.15) is 0 Å². The van der Waals surface area contributed by atoms with Crippen molar-refractivity contribution in [3.8, 4) is 0 Å². The van der Waals surface area contributed by atoms with Gasteiger partial charge in [0.05, 0.1) is 0 Å². The van der Waals surface area contributed by atoms with Gasteiger partial charge in [0.15, 0.2) is 5.78 Å². The van der Waals surface area contributed by atoms with E-state index in [1.54, 1.807) is 31.1 Å². The van der Waals surface area contributed by atoms with Gasteiger partial charge in [-0.1, -0.05) is 60.2 Å². The molecular weight excluding hydrogens is 289 g/mol. The van der Waals surface area contributed by atoms with Gasteiger partial charge < -0.3 is 0 Å². The molecule has 0 bridgehead atoms. The van der Waals surface area contributed by atoms with Crippen LogP contribution in [0.3, 0.4) is 0 Å². The minimum Gasteiger partial charge on any atom is -0.294 e. The van der Waals surface area contributed by atoms with Crippen molar-refractivity contribution >= 4 is 5.78 Å². The summed E-state index contributed by atoms with van der Waals surface area (Å²) in [5.41, 5.74) is 1.43. The highest BCUT2D eigenvalue weighted by Crippen LogP contribution is 2.30. The van der Waals surface area contributed by atoms with E-state index in [0.29, 0.717) is 12.0 Å². The monoisotopic (exact) mass is 313 g/mol. The molecule has 2 aromatic rings. The first-order valence-corrected chi connectivity index (χ1v) is 7.85. The first kappa shape index (κ1) is 17.4. The maximum atomic E-state index is 14.7. The Labute approximate surface area is 137 Å². The van der Waals surface area contributed by atoms with Crippen LogP contribution in [0.2, 0.25) is 0 Å². The lowest BCUT2D eigenvalue weighted by atomic mass is 9.79. The quantitative estimate of drug-likeness (QED) is 0.749. The van der Waals surface area contributed by atoms with Crippen LogP contribution in [0.5, 0.6) is 0 Å². The van der Waals surface area contributed by atoms with Crippen LogP contribution in [0, 0.1) is 6.92 Å². The summed E-state index contributed by atoms with van der Waals surface area (Å²) in [4.78, 5) is 14.9. The molecule has 3 heteroatoms. The van der Waals surface area contributed by atoms with E-state index in [4.69, 9.17) is 0 Å². The molecular formula is C20H24FNO. The topological polar surface area (TPSA) is 20.3 Å². The zero-order chi connectivity index (χ0) is 17.0. The maximum Gasteiger partial charge on any atom is 0.186 e. The molecule has 0 amide bonds. The van der Waals surface area contributed by atoms with Crippen LogP contribution in [0.4, 0.5) is 4.39 Å². The number of halogens is 1.